The molecule has 0 spiro atoms. The van der Waals surface area contributed by atoms with Gasteiger partial charge in [-0.1, -0.05) is 25.0 Å². The first-order valence-corrected chi connectivity index (χ1v) is 9.56. The van der Waals surface area contributed by atoms with Crippen molar-refractivity contribution < 1.29 is 19.0 Å². The highest BCUT2D eigenvalue weighted by molar-refractivity contribution is 5.76. The van der Waals surface area contributed by atoms with E-state index in [0.29, 0.717) is 5.69 Å². The van der Waals surface area contributed by atoms with Gasteiger partial charge in [0.05, 0.1) is 12.8 Å². The molecule has 1 aliphatic rings. The average Bonchev–Trinajstić information content (AvgIpc) is 2.98. The van der Waals surface area contributed by atoms with Gasteiger partial charge in [-0.05, 0) is 30.5 Å². The lowest BCUT2D eigenvalue weighted by atomic mass is 10.2. The number of carbonyl (C=O) groups is 1. The van der Waals surface area contributed by atoms with E-state index in [4.69, 9.17) is 4.74 Å². The molecule has 1 N–H and O–H groups in total. The fourth-order valence-electron chi connectivity index (χ4n) is 3.29. The predicted molar refractivity (Wildman–Crippen MR) is 102 cm³/mol. The van der Waals surface area contributed by atoms with Crippen molar-refractivity contribution in [2.75, 3.05) is 13.1 Å². The number of amides is 1. The van der Waals surface area contributed by atoms with E-state index in [2.05, 4.69) is 0 Å². The van der Waals surface area contributed by atoms with Gasteiger partial charge < -0.3 is 19.3 Å². The molecule has 0 unspecified atom stereocenters. The van der Waals surface area contributed by atoms with Crippen LogP contribution in [0.2, 0.25) is 0 Å². The van der Waals surface area contributed by atoms with E-state index in [1.165, 1.54) is 24.4 Å². The van der Waals surface area contributed by atoms with Crippen molar-refractivity contribution in [2.45, 2.75) is 45.4 Å². The molecular formula is C21H25FN2O4. The summed E-state index contributed by atoms with van der Waals surface area (Å²) in [6, 6.07) is 7.10. The van der Waals surface area contributed by atoms with Crippen LogP contribution in [0, 0.1) is 5.82 Å². The molecule has 1 aromatic heterocycles. The third kappa shape index (κ3) is 5.19. The molecule has 1 aliphatic heterocycles. The maximum Gasteiger partial charge on any atom is 0.242 e. The summed E-state index contributed by atoms with van der Waals surface area (Å²) in [5.41, 5.74) is 0.714. The third-order valence-electron chi connectivity index (χ3n) is 4.92. The number of halogens is 1. The Morgan fingerprint density at radius 3 is 2.43 bits per heavy atom. The number of benzene rings is 1. The third-order valence-corrected chi connectivity index (χ3v) is 4.92. The monoisotopic (exact) mass is 388 g/mol. The van der Waals surface area contributed by atoms with Crippen molar-refractivity contribution in [1.29, 1.82) is 0 Å². The molecule has 28 heavy (non-hydrogen) atoms. The van der Waals surface area contributed by atoms with Crippen molar-refractivity contribution in [3.05, 3.63) is 63.8 Å². The zero-order chi connectivity index (χ0) is 19.9. The van der Waals surface area contributed by atoms with Gasteiger partial charge in [0.2, 0.25) is 11.3 Å². The number of likely N-dealkylation sites (tertiary alicyclic amines) is 1. The molecule has 2 aromatic rings. The van der Waals surface area contributed by atoms with Gasteiger partial charge in [0, 0.05) is 24.8 Å². The summed E-state index contributed by atoms with van der Waals surface area (Å²) in [5.74, 6) is -0.291. The van der Waals surface area contributed by atoms with Gasteiger partial charge in [-0.25, -0.2) is 4.39 Å². The van der Waals surface area contributed by atoms with E-state index in [1.54, 1.807) is 16.7 Å². The van der Waals surface area contributed by atoms with Crippen molar-refractivity contribution >= 4 is 5.91 Å². The second kappa shape index (κ2) is 9.50. The van der Waals surface area contributed by atoms with Crippen molar-refractivity contribution in [1.82, 2.24) is 9.47 Å². The molecule has 7 heteroatoms. The number of pyridine rings is 1. The zero-order valence-electron chi connectivity index (χ0n) is 15.8. The molecule has 150 valence electrons. The van der Waals surface area contributed by atoms with Gasteiger partial charge in [-0.3, -0.25) is 9.59 Å². The number of nitrogens with zero attached hydrogens (tertiary/aromatic N) is 2. The first kappa shape index (κ1) is 20.1. The van der Waals surface area contributed by atoms with E-state index >= 15 is 0 Å². The maximum absolute atomic E-state index is 13.0. The van der Waals surface area contributed by atoms with E-state index in [1.807, 2.05) is 4.90 Å². The minimum atomic E-state index is -0.371. The summed E-state index contributed by atoms with van der Waals surface area (Å²) in [6.45, 7) is 1.28. The SMILES string of the molecule is O=C(Cn1cc(OCc2ccc(F)cc2)c(=O)cc1CO)N1CCCCCC1. The van der Waals surface area contributed by atoms with Crippen LogP contribution in [0.3, 0.4) is 0 Å². The van der Waals surface area contributed by atoms with Crippen LogP contribution in [-0.2, 0) is 24.6 Å². The molecule has 6 nitrogen and oxygen atoms in total. The fraction of sp³-hybridized carbons (Fsp3) is 0.429. The topological polar surface area (TPSA) is 71.8 Å². The highest BCUT2D eigenvalue weighted by Gasteiger charge is 2.17. The Kier molecular flexibility index (Phi) is 6.81. The normalized spacial score (nSPS) is 14.6. The van der Waals surface area contributed by atoms with Crippen LogP contribution in [0.5, 0.6) is 5.75 Å². The summed E-state index contributed by atoms with van der Waals surface area (Å²) in [4.78, 5) is 26.8. The quantitative estimate of drug-likeness (QED) is 0.825. The average molecular weight is 388 g/mol. The summed E-state index contributed by atoms with van der Waals surface area (Å²) in [7, 11) is 0. The summed E-state index contributed by atoms with van der Waals surface area (Å²) < 4.78 is 20.1. The van der Waals surface area contributed by atoms with Crippen molar-refractivity contribution in [2.24, 2.45) is 0 Å². The molecule has 1 saturated heterocycles. The molecular weight excluding hydrogens is 363 g/mol. The smallest absolute Gasteiger partial charge is 0.242 e. The molecule has 1 amide bonds. The molecule has 1 aromatic carbocycles. The zero-order valence-corrected chi connectivity index (χ0v) is 15.8. The van der Waals surface area contributed by atoms with Crippen LogP contribution in [-0.4, -0.2) is 33.6 Å². The molecule has 3 rings (SSSR count). The molecule has 0 bridgehead atoms. The predicted octanol–water partition coefficient (Wildman–Crippen LogP) is 2.46. The van der Waals surface area contributed by atoms with Crippen LogP contribution in [0.4, 0.5) is 4.39 Å². The lowest BCUT2D eigenvalue weighted by molar-refractivity contribution is -0.131. The van der Waals surface area contributed by atoms with Crippen LogP contribution < -0.4 is 10.2 Å². The van der Waals surface area contributed by atoms with Gasteiger partial charge in [0.25, 0.3) is 0 Å². The van der Waals surface area contributed by atoms with Gasteiger partial charge in [0.1, 0.15) is 19.0 Å². The number of aliphatic hydroxyl groups is 1. The van der Waals surface area contributed by atoms with Crippen LogP contribution in [0.15, 0.2) is 41.3 Å². The highest BCUT2D eigenvalue weighted by Crippen LogP contribution is 2.14. The lowest BCUT2D eigenvalue weighted by Gasteiger charge is -2.22. The van der Waals surface area contributed by atoms with Gasteiger partial charge in [0.15, 0.2) is 5.75 Å². The number of rotatable bonds is 6. The number of carbonyl (C=O) groups excluding carboxylic acids is 1. The lowest BCUT2D eigenvalue weighted by Crippen LogP contribution is -2.35. The van der Waals surface area contributed by atoms with Gasteiger partial charge in [-0.2, -0.15) is 0 Å². The van der Waals surface area contributed by atoms with E-state index in [-0.39, 0.29) is 42.7 Å². The number of ether oxygens (including phenoxy) is 1. The van der Waals surface area contributed by atoms with E-state index in [0.717, 1.165) is 44.3 Å². The molecule has 2 heterocycles. The Hall–Kier alpha value is -2.67. The molecule has 0 radical (unpaired) electrons. The number of aliphatic hydroxyl groups excluding tert-OH is 1. The standard InChI is InChI=1S/C21H25FN2O4/c22-17-7-5-16(6-8-17)15-28-20-12-24(18(14-25)11-19(20)26)13-21(27)23-9-3-1-2-4-10-23/h5-8,11-12,25H,1-4,9-10,13-15H2. The first-order chi connectivity index (χ1) is 13.6. The number of hydrogen-bond acceptors (Lipinski definition) is 4. The van der Waals surface area contributed by atoms with Gasteiger partial charge >= 0.3 is 0 Å². The molecule has 0 atom stereocenters. The highest BCUT2D eigenvalue weighted by atomic mass is 19.1. The Morgan fingerprint density at radius 1 is 1.11 bits per heavy atom. The van der Waals surface area contributed by atoms with Crippen LogP contribution in [0.25, 0.3) is 0 Å². The van der Waals surface area contributed by atoms with Gasteiger partial charge in [-0.15, -0.1) is 0 Å². The first-order valence-electron chi connectivity index (χ1n) is 9.56. The molecule has 0 aliphatic carbocycles. The second-order valence-corrected chi connectivity index (χ2v) is 6.99. The Labute approximate surface area is 163 Å². The molecule has 0 saturated carbocycles. The van der Waals surface area contributed by atoms with Crippen molar-refractivity contribution in [3.63, 3.8) is 0 Å². The van der Waals surface area contributed by atoms with Crippen LogP contribution >= 0.6 is 0 Å². The van der Waals surface area contributed by atoms with Crippen molar-refractivity contribution in [3.8, 4) is 5.75 Å². The maximum atomic E-state index is 13.0. The van der Waals surface area contributed by atoms with E-state index < -0.39 is 0 Å². The van der Waals surface area contributed by atoms with E-state index in [9.17, 15) is 19.1 Å². The summed E-state index contributed by atoms with van der Waals surface area (Å²) in [6.07, 6.45) is 5.72. The second-order valence-electron chi connectivity index (χ2n) is 6.99. The Balaban J connectivity index is 1.74. The number of hydrogen-bond donors (Lipinski definition) is 1. The minimum absolute atomic E-state index is 0.0373. The Bertz CT molecular complexity index is 856. The largest absolute Gasteiger partial charge is 0.483 e. The minimum Gasteiger partial charge on any atom is -0.483 e. The number of aromatic nitrogens is 1. The summed E-state index contributed by atoms with van der Waals surface area (Å²) in [5, 5.41) is 9.57. The molecule has 1 fully saturated rings. The van der Waals surface area contributed by atoms with Crippen LogP contribution in [0.1, 0.15) is 36.9 Å². The Morgan fingerprint density at radius 2 is 1.79 bits per heavy atom. The fourth-order valence-corrected chi connectivity index (χ4v) is 3.29. The summed E-state index contributed by atoms with van der Waals surface area (Å²) >= 11 is 0.